The lowest BCUT2D eigenvalue weighted by Crippen LogP contribution is -2.41. The Morgan fingerprint density at radius 2 is 2.14 bits per heavy atom. The molecule has 0 bridgehead atoms. The van der Waals surface area contributed by atoms with Gasteiger partial charge in [-0.2, -0.15) is 0 Å². The van der Waals surface area contributed by atoms with Gasteiger partial charge in [0.1, 0.15) is 12.4 Å². The van der Waals surface area contributed by atoms with Gasteiger partial charge in [-0.1, -0.05) is 18.2 Å². The molecule has 8 heteroatoms. The molecule has 7 nitrogen and oxygen atoms in total. The summed E-state index contributed by atoms with van der Waals surface area (Å²) in [5.41, 5.74) is 0. The first kappa shape index (κ1) is 21.6. The molecule has 1 aromatic carbocycles. The van der Waals surface area contributed by atoms with Crippen LogP contribution >= 0.6 is 11.8 Å². The summed E-state index contributed by atoms with van der Waals surface area (Å²) >= 11 is 1.95. The number of hydrogen-bond acceptors (Lipinski definition) is 5. The molecule has 1 saturated heterocycles. The molecule has 1 N–H and O–H groups in total. The number of hydrogen-bond donors (Lipinski definition) is 1. The van der Waals surface area contributed by atoms with E-state index < -0.39 is 0 Å². The first-order valence-electron chi connectivity index (χ1n) is 10.2. The Morgan fingerprint density at radius 1 is 1.31 bits per heavy atom. The summed E-state index contributed by atoms with van der Waals surface area (Å²) in [6.07, 6.45) is 2.15. The first-order chi connectivity index (χ1) is 14.2. The fourth-order valence-corrected chi connectivity index (χ4v) is 4.36. The maximum Gasteiger partial charge on any atom is 0.194 e. The molecule has 29 heavy (non-hydrogen) atoms. The van der Waals surface area contributed by atoms with E-state index >= 15 is 0 Å². The largest absolute Gasteiger partial charge is 0.385 e. The molecular formula is C21H32N6OS. The number of benzene rings is 1. The Labute approximate surface area is 177 Å². The van der Waals surface area contributed by atoms with Crippen LogP contribution in [0.2, 0.25) is 0 Å². The Morgan fingerprint density at radius 3 is 2.86 bits per heavy atom. The lowest BCUT2D eigenvalue weighted by molar-refractivity contribution is 0.195. The van der Waals surface area contributed by atoms with Crippen molar-refractivity contribution in [1.82, 2.24) is 25.0 Å². The lowest BCUT2D eigenvalue weighted by atomic mass is 10.2. The van der Waals surface area contributed by atoms with Gasteiger partial charge in [0.05, 0.1) is 0 Å². The van der Waals surface area contributed by atoms with Gasteiger partial charge in [-0.05, 0) is 37.8 Å². The van der Waals surface area contributed by atoms with Crippen molar-refractivity contribution in [2.24, 2.45) is 18.0 Å². The molecule has 2 heterocycles. The highest BCUT2D eigenvalue weighted by Crippen LogP contribution is 2.26. The van der Waals surface area contributed by atoms with Crippen LogP contribution in [-0.4, -0.2) is 64.7 Å². The monoisotopic (exact) mass is 416 g/mol. The second-order valence-electron chi connectivity index (χ2n) is 7.36. The standard InChI is InChI=1S/C21H32N6OS/c1-17-24-25-20(26(17)2)14-23-21(22-11-7-13-28-3)27-12-10-18(15-27)16-29-19-8-5-4-6-9-19/h4-6,8-9,18H,7,10-16H2,1-3H3,(H,22,23). The maximum absolute atomic E-state index is 5.17. The molecular weight excluding hydrogens is 384 g/mol. The number of thioether (sulfide) groups is 1. The Hall–Kier alpha value is -2.06. The molecule has 3 rings (SSSR count). The van der Waals surface area contributed by atoms with E-state index in [9.17, 15) is 0 Å². The Kier molecular flexibility index (Phi) is 8.37. The van der Waals surface area contributed by atoms with Gasteiger partial charge in [-0.15, -0.1) is 22.0 Å². The van der Waals surface area contributed by atoms with Gasteiger partial charge in [0, 0.05) is 51.0 Å². The molecule has 0 saturated carbocycles. The summed E-state index contributed by atoms with van der Waals surface area (Å²) in [4.78, 5) is 8.58. The van der Waals surface area contributed by atoms with Crippen molar-refractivity contribution in [3.63, 3.8) is 0 Å². The molecule has 0 spiro atoms. The van der Waals surface area contributed by atoms with Crippen LogP contribution in [0.15, 0.2) is 40.2 Å². The number of aryl methyl sites for hydroxylation is 1. The Balaban J connectivity index is 1.57. The number of ether oxygens (including phenoxy) is 1. The maximum atomic E-state index is 5.17. The summed E-state index contributed by atoms with van der Waals surface area (Å²) in [6.45, 7) is 6.16. The summed E-state index contributed by atoms with van der Waals surface area (Å²) in [5, 5.41) is 11.9. The minimum Gasteiger partial charge on any atom is -0.385 e. The van der Waals surface area contributed by atoms with Crippen molar-refractivity contribution in [2.45, 2.75) is 31.2 Å². The van der Waals surface area contributed by atoms with Crippen molar-refractivity contribution in [2.75, 3.05) is 39.1 Å². The van der Waals surface area contributed by atoms with Crippen molar-refractivity contribution >= 4 is 17.7 Å². The van der Waals surface area contributed by atoms with Crippen molar-refractivity contribution in [1.29, 1.82) is 0 Å². The zero-order valence-corrected chi connectivity index (χ0v) is 18.5. The number of methoxy groups -OCH3 is 1. The van der Waals surface area contributed by atoms with Gasteiger partial charge < -0.3 is 19.5 Å². The fourth-order valence-electron chi connectivity index (χ4n) is 3.31. The molecule has 1 aliphatic rings. The van der Waals surface area contributed by atoms with Gasteiger partial charge in [-0.25, -0.2) is 4.99 Å². The van der Waals surface area contributed by atoms with E-state index in [2.05, 4.69) is 50.7 Å². The van der Waals surface area contributed by atoms with E-state index in [0.29, 0.717) is 12.5 Å². The Bertz CT molecular complexity index is 779. The molecule has 1 aliphatic heterocycles. The van der Waals surface area contributed by atoms with Crippen LogP contribution in [0.3, 0.4) is 0 Å². The number of rotatable bonds is 9. The second kappa shape index (κ2) is 11.2. The fraction of sp³-hybridized carbons (Fsp3) is 0.571. The number of nitrogens with zero attached hydrogens (tertiary/aromatic N) is 5. The van der Waals surface area contributed by atoms with E-state index in [1.807, 2.05) is 30.3 Å². The van der Waals surface area contributed by atoms with Gasteiger partial charge in [0.25, 0.3) is 0 Å². The summed E-state index contributed by atoms with van der Waals surface area (Å²) < 4.78 is 7.17. The highest BCUT2D eigenvalue weighted by atomic mass is 32.2. The van der Waals surface area contributed by atoms with Crippen LogP contribution < -0.4 is 5.32 Å². The number of likely N-dealkylation sites (tertiary alicyclic amines) is 1. The zero-order chi connectivity index (χ0) is 20.5. The van der Waals surface area contributed by atoms with Gasteiger partial charge >= 0.3 is 0 Å². The number of guanidine groups is 1. The molecule has 0 radical (unpaired) electrons. The van der Waals surface area contributed by atoms with E-state index in [1.54, 1.807) is 7.11 Å². The third-order valence-electron chi connectivity index (χ3n) is 5.18. The zero-order valence-electron chi connectivity index (χ0n) is 17.7. The van der Waals surface area contributed by atoms with Gasteiger partial charge in [0.2, 0.25) is 0 Å². The van der Waals surface area contributed by atoms with E-state index in [4.69, 9.17) is 9.73 Å². The summed E-state index contributed by atoms with van der Waals surface area (Å²) in [7, 11) is 3.72. The molecule has 1 unspecified atom stereocenters. The van der Waals surface area contributed by atoms with E-state index in [-0.39, 0.29) is 0 Å². The van der Waals surface area contributed by atoms with E-state index in [1.165, 1.54) is 11.3 Å². The smallest absolute Gasteiger partial charge is 0.194 e. The highest BCUT2D eigenvalue weighted by molar-refractivity contribution is 7.99. The number of aromatic nitrogens is 3. The third kappa shape index (κ3) is 6.47. The van der Waals surface area contributed by atoms with Crippen LogP contribution in [-0.2, 0) is 18.3 Å². The molecule has 1 aromatic heterocycles. The van der Waals surface area contributed by atoms with Crippen LogP contribution in [0.25, 0.3) is 0 Å². The van der Waals surface area contributed by atoms with Gasteiger partial charge in [-0.3, -0.25) is 0 Å². The van der Waals surface area contributed by atoms with Crippen molar-refractivity contribution < 1.29 is 4.74 Å². The van der Waals surface area contributed by atoms with Crippen LogP contribution in [0.4, 0.5) is 0 Å². The molecule has 1 fully saturated rings. The minimum absolute atomic E-state index is 0.532. The quantitative estimate of drug-likeness (QED) is 0.293. The molecule has 0 aliphatic carbocycles. The van der Waals surface area contributed by atoms with Gasteiger partial charge in [0.15, 0.2) is 11.8 Å². The summed E-state index contributed by atoms with van der Waals surface area (Å²) in [6, 6.07) is 10.6. The van der Waals surface area contributed by atoms with Crippen LogP contribution in [0.5, 0.6) is 0 Å². The predicted molar refractivity (Wildman–Crippen MR) is 118 cm³/mol. The second-order valence-corrected chi connectivity index (χ2v) is 8.45. The minimum atomic E-state index is 0.532. The van der Waals surface area contributed by atoms with Crippen molar-refractivity contribution in [3.8, 4) is 0 Å². The molecule has 0 amide bonds. The predicted octanol–water partition coefficient (Wildman–Crippen LogP) is 2.72. The van der Waals surface area contributed by atoms with Crippen LogP contribution in [0.1, 0.15) is 24.5 Å². The normalized spacial score (nSPS) is 17.1. The first-order valence-corrected chi connectivity index (χ1v) is 11.2. The van der Waals surface area contributed by atoms with Crippen LogP contribution in [0, 0.1) is 12.8 Å². The molecule has 1 atom stereocenters. The average molecular weight is 417 g/mol. The SMILES string of the molecule is COCCCNC(=NCc1nnc(C)n1C)N1CCC(CSc2ccccc2)C1. The molecule has 2 aromatic rings. The average Bonchev–Trinajstić information content (AvgIpc) is 3.34. The van der Waals surface area contributed by atoms with Crippen molar-refractivity contribution in [3.05, 3.63) is 42.0 Å². The lowest BCUT2D eigenvalue weighted by Gasteiger charge is -2.22. The topological polar surface area (TPSA) is 67.6 Å². The molecule has 158 valence electrons. The summed E-state index contributed by atoms with van der Waals surface area (Å²) in [5.74, 6) is 4.57. The number of nitrogens with one attached hydrogen (secondary N) is 1. The third-order valence-corrected chi connectivity index (χ3v) is 6.42. The van der Waals surface area contributed by atoms with E-state index in [0.717, 1.165) is 56.0 Å². The highest BCUT2D eigenvalue weighted by Gasteiger charge is 2.25. The number of aliphatic imine (C=N–C) groups is 1.